The van der Waals surface area contributed by atoms with Crippen LogP contribution >= 0.6 is 62.8 Å². The van der Waals surface area contributed by atoms with Gasteiger partial charge in [-0.3, -0.25) is 0 Å². The number of hydrogen-bond donors (Lipinski definition) is 2. The highest BCUT2D eigenvalue weighted by Crippen LogP contribution is 2.53. The van der Waals surface area contributed by atoms with Crippen molar-refractivity contribution in [1.29, 1.82) is 0 Å². The van der Waals surface area contributed by atoms with Crippen LogP contribution in [0.4, 0.5) is 0 Å². The summed E-state index contributed by atoms with van der Waals surface area (Å²) in [6.45, 7) is 9.05. The lowest BCUT2D eigenvalue weighted by atomic mass is 10.1. The van der Waals surface area contributed by atoms with Gasteiger partial charge in [-0.2, -0.15) is 0 Å². The molecule has 0 amide bonds. The number of nitrogens with one attached hydrogen (secondary N) is 2. The molecule has 0 atom stereocenters. The number of fused-ring (bicyclic) bond motifs is 4. The molecule has 3 rings (SSSR count). The number of rotatable bonds is 4. The smallest absolute Gasteiger partial charge is 0.0882 e. The van der Waals surface area contributed by atoms with Crippen molar-refractivity contribution in [2.24, 2.45) is 0 Å². The van der Waals surface area contributed by atoms with Crippen LogP contribution in [-0.4, -0.2) is 9.97 Å². The van der Waals surface area contributed by atoms with Crippen LogP contribution in [0.3, 0.4) is 0 Å². The van der Waals surface area contributed by atoms with Crippen molar-refractivity contribution in [1.82, 2.24) is 9.97 Å². The molecule has 132 valence electrons. The maximum absolute atomic E-state index is 3.68. The third kappa shape index (κ3) is 3.83. The number of aromatic amines is 2. The van der Waals surface area contributed by atoms with Crippen LogP contribution < -0.4 is 0 Å². The minimum atomic E-state index is 1.10. The lowest BCUT2D eigenvalue weighted by Gasteiger charge is -2.05. The van der Waals surface area contributed by atoms with Crippen LogP contribution in [0.2, 0.25) is 0 Å². The van der Waals surface area contributed by atoms with E-state index in [1.54, 1.807) is 0 Å². The molecule has 0 spiro atoms. The topological polar surface area (TPSA) is 31.6 Å². The van der Waals surface area contributed by atoms with Crippen molar-refractivity contribution >= 4 is 62.8 Å². The van der Waals surface area contributed by atoms with Gasteiger partial charge in [0.05, 0.1) is 20.1 Å². The van der Waals surface area contributed by atoms with Gasteiger partial charge >= 0.3 is 0 Å². The molecule has 4 bridgehead atoms. The second-order valence-electron chi connectivity index (χ2n) is 5.36. The first-order chi connectivity index (χ1) is 11.7. The molecule has 0 unspecified atom stereocenters. The fourth-order valence-corrected chi connectivity index (χ4v) is 11.3. The fourth-order valence-electron chi connectivity index (χ4n) is 3.01. The number of hydrogen-bond acceptors (Lipinski definition) is 6. The molecular formula is C16H22N2S6. The molecule has 1 aliphatic heterocycles. The molecule has 2 aromatic heterocycles. The van der Waals surface area contributed by atoms with Gasteiger partial charge in [-0.25, -0.2) is 0 Å². The van der Waals surface area contributed by atoms with Gasteiger partial charge in [0.2, 0.25) is 0 Å². The zero-order valence-corrected chi connectivity index (χ0v) is 19.2. The van der Waals surface area contributed by atoms with Gasteiger partial charge in [-0.15, -0.1) is 0 Å². The predicted octanol–water partition coefficient (Wildman–Crippen LogP) is 7.80. The summed E-state index contributed by atoms with van der Waals surface area (Å²) in [7, 11) is 11.2. The van der Waals surface area contributed by atoms with E-state index in [4.69, 9.17) is 0 Å². The molecule has 2 N–H and O–H groups in total. The first-order valence-corrected chi connectivity index (χ1v) is 15.2. The first-order valence-electron chi connectivity index (χ1n) is 8.23. The van der Waals surface area contributed by atoms with Crippen molar-refractivity contribution in [2.75, 3.05) is 0 Å². The van der Waals surface area contributed by atoms with E-state index in [0.29, 0.717) is 0 Å². The quantitative estimate of drug-likeness (QED) is 0.477. The Kier molecular flexibility index (Phi) is 7.32. The molecule has 1 aliphatic rings. The van der Waals surface area contributed by atoms with Crippen molar-refractivity contribution in [3.63, 3.8) is 0 Å². The third-order valence-corrected chi connectivity index (χ3v) is 11.8. The van der Waals surface area contributed by atoms with Crippen LogP contribution in [0.1, 0.15) is 49.9 Å². The predicted molar refractivity (Wildman–Crippen MR) is 118 cm³/mol. The molecule has 0 radical (unpaired) electrons. The van der Waals surface area contributed by atoms with Crippen LogP contribution in [0, 0.1) is 0 Å². The Morgan fingerprint density at radius 1 is 0.500 bits per heavy atom. The molecule has 2 nitrogen and oxygen atoms in total. The Hall–Kier alpha value is 0.660. The van der Waals surface area contributed by atoms with Gasteiger partial charge in [0.15, 0.2) is 0 Å². The summed E-state index contributed by atoms with van der Waals surface area (Å²) in [6.07, 6.45) is 4.38. The standard InChI is InChI=1S/C16H22N2S6/c1-5-9-10(6-2)14-17-13(9)19-23-21-15-11(7-3)12(8-4)16(18-15)22-24-20-14/h17-18H,5-8H2,1-4H3. The molecule has 0 aromatic carbocycles. The normalized spacial score (nSPS) is 15.2. The van der Waals surface area contributed by atoms with Crippen molar-refractivity contribution in [2.45, 2.75) is 73.5 Å². The van der Waals surface area contributed by atoms with Crippen LogP contribution in [0.25, 0.3) is 0 Å². The molecule has 0 saturated heterocycles. The number of aromatic nitrogens is 2. The van der Waals surface area contributed by atoms with Crippen LogP contribution in [0.15, 0.2) is 20.1 Å². The Bertz CT molecular complexity index is 593. The molecule has 3 heterocycles. The fraction of sp³-hybridized carbons (Fsp3) is 0.500. The molecular weight excluding hydrogens is 413 g/mol. The van der Waals surface area contributed by atoms with Gasteiger partial charge in [-0.05, 0) is 111 Å². The lowest BCUT2D eigenvalue weighted by Crippen LogP contribution is -1.88. The SMILES string of the molecule is CCc1c2[nH]c(c1CC)SSSc1[nH]c(c(CC)c1CC)SSS2. The van der Waals surface area contributed by atoms with E-state index in [0.717, 1.165) is 25.7 Å². The van der Waals surface area contributed by atoms with Gasteiger partial charge in [-0.1, -0.05) is 27.7 Å². The Morgan fingerprint density at radius 3 is 0.958 bits per heavy atom. The monoisotopic (exact) mass is 434 g/mol. The number of H-pyrrole nitrogens is 2. The van der Waals surface area contributed by atoms with E-state index >= 15 is 0 Å². The third-order valence-electron chi connectivity index (χ3n) is 4.16. The average molecular weight is 435 g/mol. The lowest BCUT2D eigenvalue weighted by molar-refractivity contribution is 1.01. The highest BCUT2D eigenvalue weighted by atomic mass is 33.5. The molecule has 24 heavy (non-hydrogen) atoms. The first kappa shape index (κ1) is 19.4. The van der Waals surface area contributed by atoms with E-state index in [-0.39, 0.29) is 0 Å². The molecule has 0 saturated carbocycles. The highest BCUT2D eigenvalue weighted by Gasteiger charge is 2.21. The van der Waals surface area contributed by atoms with Crippen molar-refractivity contribution in [3.05, 3.63) is 22.3 Å². The van der Waals surface area contributed by atoms with E-state index < -0.39 is 0 Å². The summed E-state index contributed by atoms with van der Waals surface area (Å²) >= 11 is 0. The molecule has 2 aromatic rings. The van der Waals surface area contributed by atoms with Crippen molar-refractivity contribution < 1.29 is 0 Å². The minimum absolute atomic E-state index is 1.10. The van der Waals surface area contributed by atoms with Crippen LogP contribution in [0.5, 0.6) is 0 Å². The summed E-state index contributed by atoms with van der Waals surface area (Å²) in [5.41, 5.74) is 6.00. The minimum Gasteiger partial charge on any atom is -0.343 e. The maximum atomic E-state index is 3.68. The second kappa shape index (κ2) is 9.04. The van der Waals surface area contributed by atoms with E-state index in [1.807, 2.05) is 62.8 Å². The van der Waals surface area contributed by atoms with Gasteiger partial charge in [0.1, 0.15) is 0 Å². The maximum Gasteiger partial charge on any atom is 0.0882 e. The zero-order valence-electron chi connectivity index (χ0n) is 14.3. The highest BCUT2D eigenvalue weighted by molar-refractivity contribution is 9.09. The second-order valence-corrected chi connectivity index (χ2v) is 13.2. The summed E-state index contributed by atoms with van der Waals surface area (Å²) in [5.74, 6) is 0. The Balaban J connectivity index is 1.94. The van der Waals surface area contributed by atoms with Crippen molar-refractivity contribution in [3.8, 4) is 0 Å². The van der Waals surface area contributed by atoms with E-state index in [9.17, 15) is 0 Å². The summed E-state index contributed by atoms with van der Waals surface area (Å²) in [6, 6.07) is 0. The van der Waals surface area contributed by atoms with Gasteiger partial charge in [0, 0.05) is 0 Å². The average Bonchev–Trinajstić information content (AvgIpc) is 3.11. The molecule has 0 aliphatic carbocycles. The Labute approximate surface area is 167 Å². The Morgan fingerprint density at radius 2 is 0.750 bits per heavy atom. The largest absolute Gasteiger partial charge is 0.343 e. The zero-order chi connectivity index (χ0) is 17.1. The van der Waals surface area contributed by atoms with Gasteiger partial charge in [0.25, 0.3) is 0 Å². The summed E-state index contributed by atoms with van der Waals surface area (Å²) in [4.78, 5) is 7.35. The van der Waals surface area contributed by atoms with Crippen LogP contribution in [-0.2, 0) is 25.7 Å². The summed E-state index contributed by atoms with van der Waals surface area (Å²) in [5, 5.41) is 5.34. The molecule has 8 heteroatoms. The van der Waals surface area contributed by atoms with Gasteiger partial charge < -0.3 is 9.97 Å². The molecule has 0 fully saturated rings. The van der Waals surface area contributed by atoms with E-state index in [1.165, 1.54) is 42.4 Å². The van der Waals surface area contributed by atoms with E-state index in [2.05, 4.69) is 37.7 Å². The summed E-state index contributed by atoms with van der Waals surface area (Å²) < 4.78 is 0.